The van der Waals surface area contributed by atoms with Crippen molar-refractivity contribution in [1.29, 1.82) is 0 Å². The number of ether oxygens (including phenoxy) is 1. The summed E-state index contributed by atoms with van der Waals surface area (Å²) in [4.78, 5) is 14.0. The second kappa shape index (κ2) is 6.57. The zero-order valence-electron chi connectivity index (χ0n) is 11.3. The second-order valence-electron chi connectivity index (χ2n) is 4.84. The van der Waals surface area contributed by atoms with Crippen molar-refractivity contribution in [2.75, 3.05) is 19.7 Å². The van der Waals surface area contributed by atoms with Crippen LogP contribution < -0.4 is 0 Å². The molecule has 1 aliphatic heterocycles. The summed E-state index contributed by atoms with van der Waals surface area (Å²) >= 11 is 0. The van der Waals surface area contributed by atoms with Crippen LogP contribution in [0.3, 0.4) is 0 Å². The Kier molecular flexibility index (Phi) is 4.80. The van der Waals surface area contributed by atoms with Crippen molar-refractivity contribution in [2.24, 2.45) is 0 Å². The summed E-state index contributed by atoms with van der Waals surface area (Å²) in [5.41, 5.74) is 0.694. The molecule has 1 aromatic rings. The first-order chi connectivity index (χ1) is 9.20. The second-order valence-corrected chi connectivity index (χ2v) is 4.84. The summed E-state index contributed by atoms with van der Waals surface area (Å²) in [5, 5.41) is 9.68. The van der Waals surface area contributed by atoms with Crippen molar-refractivity contribution in [1.82, 2.24) is 4.90 Å². The molecular weight excluding hydrogens is 242 g/mol. The number of piperidine rings is 1. The molecule has 1 aromatic carbocycles. The van der Waals surface area contributed by atoms with E-state index in [9.17, 15) is 9.90 Å². The SMILES string of the molecule is CCOC1CCN(C(=O)Cc2ccccc2O)CC1. The van der Waals surface area contributed by atoms with Crippen LogP contribution in [0.5, 0.6) is 5.75 Å². The fraction of sp³-hybridized carbons (Fsp3) is 0.533. The zero-order chi connectivity index (χ0) is 13.7. The van der Waals surface area contributed by atoms with Gasteiger partial charge in [0.2, 0.25) is 5.91 Å². The summed E-state index contributed by atoms with van der Waals surface area (Å²) in [7, 11) is 0. The number of hydrogen-bond donors (Lipinski definition) is 1. The molecule has 0 bridgehead atoms. The van der Waals surface area contributed by atoms with Gasteiger partial charge in [0.05, 0.1) is 12.5 Å². The lowest BCUT2D eigenvalue weighted by Gasteiger charge is -2.31. The van der Waals surface area contributed by atoms with Gasteiger partial charge in [-0.25, -0.2) is 0 Å². The van der Waals surface area contributed by atoms with Crippen molar-refractivity contribution in [2.45, 2.75) is 32.3 Å². The monoisotopic (exact) mass is 263 g/mol. The summed E-state index contributed by atoms with van der Waals surface area (Å²) in [5.74, 6) is 0.275. The van der Waals surface area contributed by atoms with Gasteiger partial charge in [0, 0.05) is 25.3 Å². The summed E-state index contributed by atoms with van der Waals surface area (Å²) in [6, 6.07) is 7.00. The van der Waals surface area contributed by atoms with Gasteiger partial charge < -0.3 is 14.7 Å². The minimum atomic E-state index is 0.0800. The fourth-order valence-corrected chi connectivity index (χ4v) is 2.44. The predicted molar refractivity (Wildman–Crippen MR) is 73.0 cm³/mol. The Morgan fingerprint density at radius 3 is 2.68 bits per heavy atom. The van der Waals surface area contributed by atoms with Crippen LogP contribution >= 0.6 is 0 Å². The van der Waals surface area contributed by atoms with E-state index in [1.807, 2.05) is 17.9 Å². The lowest BCUT2D eigenvalue weighted by molar-refractivity contribution is -0.133. The molecule has 0 aromatic heterocycles. The minimum absolute atomic E-state index is 0.0800. The minimum Gasteiger partial charge on any atom is -0.508 e. The van der Waals surface area contributed by atoms with Crippen molar-refractivity contribution in [3.8, 4) is 5.75 Å². The van der Waals surface area contributed by atoms with E-state index in [4.69, 9.17) is 4.74 Å². The number of nitrogens with zero attached hydrogens (tertiary/aromatic N) is 1. The highest BCUT2D eigenvalue weighted by Gasteiger charge is 2.23. The first kappa shape index (κ1) is 13.9. The number of para-hydroxylation sites is 1. The molecule has 0 radical (unpaired) electrons. The van der Waals surface area contributed by atoms with Crippen LogP contribution in [-0.4, -0.2) is 41.7 Å². The maximum Gasteiger partial charge on any atom is 0.227 e. The molecule has 19 heavy (non-hydrogen) atoms. The highest BCUT2D eigenvalue weighted by Crippen LogP contribution is 2.19. The van der Waals surface area contributed by atoms with E-state index in [1.165, 1.54) is 0 Å². The lowest BCUT2D eigenvalue weighted by Crippen LogP contribution is -2.41. The molecule has 4 nitrogen and oxygen atoms in total. The normalized spacial score (nSPS) is 16.6. The van der Waals surface area contributed by atoms with Gasteiger partial charge in [-0.3, -0.25) is 4.79 Å². The number of hydrogen-bond acceptors (Lipinski definition) is 3. The molecule has 0 spiro atoms. The Labute approximate surface area is 114 Å². The number of rotatable bonds is 4. The van der Waals surface area contributed by atoms with Crippen LogP contribution in [0.2, 0.25) is 0 Å². The van der Waals surface area contributed by atoms with E-state index in [0.717, 1.165) is 32.5 Å². The number of likely N-dealkylation sites (tertiary alicyclic amines) is 1. The van der Waals surface area contributed by atoms with Gasteiger partial charge in [0.25, 0.3) is 0 Å². The molecule has 1 saturated heterocycles. The van der Waals surface area contributed by atoms with Crippen LogP contribution in [0.1, 0.15) is 25.3 Å². The summed E-state index contributed by atoms with van der Waals surface area (Å²) < 4.78 is 5.57. The van der Waals surface area contributed by atoms with Gasteiger partial charge in [-0.05, 0) is 25.8 Å². The third kappa shape index (κ3) is 3.70. The van der Waals surface area contributed by atoms with Gasteiger partial charge in [0.15, 0.2) is 0 Å². The number of phenols is 1. The van der Waals surface area contributed by atoms with E-state index in [0.29, 0.717) is 11.7 Å². The molecule has 0 aliphatic carbocycles. The number of amides is 1. The highest BCUT2D eigenvalue weighted by molar-refractivity contribution is 5.79. The molecule has 104 valence electrons. The number of carbonyl (C=O) groups excluding carboxylic acids is 1. The zero-order valence-corrected chi connectivity index (χ0v) is 11.3. The Balaban J connectivity index is 1.87. The first-order valence-electron chi connectivity index (χ1n) is 6.87. The summed E-state index contributed by atoms with van der Waals surface area (Å²) in [6.45, 7) is 4.22. The van der Waals surface area contributed by atoms with Crippen LogP contribution in [0.25, 0.3) is 0 Å². The maximum atomic E-state index is 12.2. The number of carbonyl (C=O) groups is 1. The molecule has 2 rings (SSSR count). The number of aromatic hydroxyl groups is 1. The highest BCUT2D eigenvalue weighted by atomic mass is 16.5. The lowest BCUT2D eigenvalue weighted by atomic mass is 10.1. The third-order valence-electron chi connectivity index (χ3n) is 3.53. The Bertz CT molecular complexity index is 425. The first-order valence-corrected chi connectivity index (χ1v) is 6.87. The Morgan fingerprint density at radius 1 is 1.37 bits per heavy atom. The van der Waals surface area contributed by atoms with Crippen LogP contribution in [0.15, 0.2) is 24.3 Å². The molecule has 1 aliphatic rings. The summed E-state index contributed by atoms with van der Waals surface area (Å²) in [6.07, 6.45) is 2.37. The molecule has 0 atom stereocenters. The Hall–Kier alpha value is -1.55. The largest absolute Gasteiger partial charge is 0.508 e. The van der Waals surface area contributed by atoms with Crippen molar-refractivity contribution >= 4 is 5.91 Å². The van der Waals surface area contributed by atoms with E-state index in [2.05, 4.69) is 0 Å². The number of benzene rings is 1. The molecule has 1 heterocycles. The molecule has 1 fully saturated rings. The fourth-order valence-electron chi connectivity index (χ4n) is 2.44. The molecule has 0 unspecified atom stereocenters. The van der Waals surface area contributed by atoms with Gasteiger partial charge in [-0.1, -0.05) is 18.2 Å². The van der Waals surface area contributed by atoms with Gasteiger partial charge in [-0.15, -0.1) is 0 Å². The third-order valence-corrected chi connectivity index (χ3v) is 3.53. The van der Waals surface area contributed by atoms with Crippen molar-refractivity contribution < 1.29 is 14.6 Å². The van der Waals surface area contributed by atoms with Gasteiger partial charge in [-0.2, -0.15) is 0 Å². The standard InChI is InChI=1S/C15H21NO3/c1-2-19-13-7-9-16(10-8-13)15(18)11-12-5-3-4-6-14(12)17/h3-6,13,17H,2,7-11H2,1H3. The van der Waals surface area contributed by atoms with Crippen LogP contribution in [-0.2, 0) is 16.0 Å². The van der Waals surface area contributed by atoms with E-state index >= 15 is 0 Å². The molecule has 4 heteroatoms. The number of phenolic OH excluding ortho intramolecular Hbond substituents is 1. The molecule has 0 saturated carbocycles. The average molecular weight is 263 g/mol. The topological polar surface area (TPSA) is 49.8 Å². The maximum absolute atomic E-state index is 12.2. The quantitative estimate of drug-likeness (QED) is 0.903. The molecule has 1 amide bonds. The average Bonchev–Trinajstić information content (AvgIpc) is 2.42. The Morgan fingerprint density at radius 2 is 2.05 bits per heavy atom. The van der Waals surface area contributed by atoms with Gasteiger partial charge in [0.1, 0.15) is 5.75 Å². The van der Waals surface area contributed by atoms with Crippen molar-refractivity contribution in [3.05, 3.63) is 29.8 Å². The van der Waals surface area contributed by atoms with Crippen molar-refractivity contribution in [3.63, 3.8) is 0 Å². The molecular formula is C15H21NO3. The van der Waals surface area contributed by atoms with Gasteiger partial charge >= 0.3 is 0 Å². The van der Waals surface area contributed by atoms with Crippen LogP contribution in [0.4, 0.5) is 0 Å². The van der Waals surface area contributed by atoms with E-state index < -0.39 is 0 Å². The van der Waals surface area contributed by atoms with Crippen LogP contribution in [0, 0.1) is 0 Å². The smallest absolute Gasteiger partial charge is 0.227 e. The molecule has 1 N–H and O–H groups in total. The predicted octanol–water partition coefficient (Wildman–Crippen LogP) is 1.96. The van der Waals surface area contributed by atoms with E-state index in [1.54, 1.807) is 18.2 Å². The van der Waals surface area contributed by atoms with E-state index in [-0.39, 0.29) is 18.1 Å².